The molecule has 2 heterocycles. The smallest absolute Gasteiger partial charge is 0.208 e. The molecule has 1 aliphatic rings. The maximum Gasteiger partial charge on any atom is 0.208 e. The summed E-state index contributed by atoms with van der Waals surface area (Å²) in [6, 6.07) is 9.71. The minimum atomic E-state index is -3.25. The number of rotatable bonds is 6. The standard InChI is InChI=1S/C18H25N3O4S/c1-13-10-18(21(2)19-13)14-4-6-16(7-5-14)25-12-15-11-24-9-8-17(15)20-26(3,22)23/h4-7,10,15,17,20H,8-9,11-12H2,1-3H3. The summed E-state index contributed by atoms with van der Waals surface area (Å²) in [7, 11) is -1.33. The van der Waals surface area contributed by atoms with Crippen LogP contribution in [0.5, 0.6) is 5.75 Å². The van der Waals surface area contributed by atoms with Gasteiger partial charge in [-0.2, -0.15) is 5.10 Å². The Balaban J connectivity index is 1.63. The highest BCUT2D eigenvalue weighted by Gasteiger charge is 2.28. The van der Waals surface area contributed by atoms with Gasteiger partial charge < -0.3 is 9.47 Å². The molecule has 0 saturated carbocycles. The van der Waals surface area contributed by atoms with Crippen molar-refractivity contribution in [1.29, 1.82) is 0 Å². The van der Waals surface area contributed by atoms with E-state index in [1.165, 1.54) is 6.26 Å². The van der Waals surface area contributed by atoms with Gasteiger partial charge in [0.2, 0.25) is 10.0 Å². The van der Waals surface area contributed by atoms with Crippen molar-refractivity contribution in [2.24, 2.45) is 13.0 Å². The molecule has 0 bridgehead atoms. The maximum absolute atomic E-state index is 11.5. The Morgan fingerprint density at radius 3 is 2.69 bits per heavy atom. The van der Waals surface area contributed by atoms with E-state index in [2.05, 4.69) is 9.82 Å². The highest BCUT2D eigenvalue weighted by Crippen LogP contribution is 2.24. The largest absolute Gasteiger partial charge is 0.493 e. The van der Waals surface area contributed by atoms with E-state index in [9.17, 15) is 8.42 Å². The zero-order valence-electron chi connectivity index (χ0n) is 15.3. The molecule has 0 aliphatic carbocycles. The third-order valence-electron chi connectivity index (χ3n) is 4.46. The third kappa shape index (κ3) is 4.84. The van der Waals surface area contributed by atoms with Crippen molar-refractivity contribution >= 4 is 10.0 Å². The Kier molecular flexibility index (Phi) is 5.64. The number of nitrogens with one attached hydrogen (secondary N) is 1. The van der Waals surface area contributed by atoms with E-state index in [0.29, 0.717) is 26.2 Å². The normalized spacial score (nSPS) is 20.9. The van der Waals surface area contributed by atoms with Crippen molar-refractivity contribution in [2.45, 2.75) is 19.4 Å². The lowest BCUT2D eigenvalue weighted by molar-refractivity contribution is 0.0187. The number of sulfonamides is 1. The Morgan fingerprint density at radius 2 is 2.08 bits per heavy atom. The van der Waals surface area contributed by atoms with Crippen LogP contribution in [-0.2, 0) is 21.8 Å². The Hall–Kier alpha value is -1.90. The fourth-order valence-corrected chi connectivity index (χ4v) is 4.06. The fourth-order valence-electron chi connectivity index (χ4n) is 3.20. The summed E-state index contributed by atoms with van der Waals surface area (Å²) in [5.74, 6) is 0.731. The molecule has 1 aliphatic heterocycles. The summed E-state index contributed by atoms with van der Waals surface area (Å²) in [5.41, 5.74) is 3.09. The average Bonchev–Trinajstić information content (AvgIpc) is 2.91. The molecule has 1 N–H and O–H groups in total. The number of aromatic nitrogens is 2. The zero-order chi connectivity index (χ0) is 18.7. The topological polar surface area (TPSA) is 82.5 Å². The lowest BCUT2D eigenvalue weighted by atomic mass is 9.98. The summed E-state index contributed by atoms with van der Waals surface area (Å²) >= 11 is 0. The number of nitrogens with zero attached hydrogens (tertiary/aromatic N) is 2. The molecule has 7 nitrogen and oxygen atoms in total. The SMILES string of the molecule is Cc1cc(-c2ccc(OCC3COCCC3NS(C)(=O)=O)cc2)n(C)n1. The molecule has 26 heavy (non-hydrogen) atoms. The first-order chi connectivity index (χ1) is 12.3. The molecular weight excluding hydrogens is 354 g/mol. The molecule has 2 atom stereocenters. The highest BCUT2D eigenvalue weighted by molar-refractivity contribution is 7.88. The van der Waals surface area contributed by atoms with Crippen LogP contribution in [0.15, 0.2) is 30.3 Å². The molecule has 142 valence electrons. The van der Waals surface area contributed by atoms with E-state index in [-0.39, 0.29) is 12.0 Å². The van der Waals surface area contributed by atoms with Gasteiger partial charge in [0.15, 0.2) is 0 Å². The van der Waals surface area contributed by atoms with E-state index < -0.39 is 10.0 Å². The molecule has 2 aromatic rings. The summed E-state index contributed by atoms with van der Waals surface area (Å²) in [4.78, 5) is 0. The molecule has 1 saturated heterocycles. The van der Waals surface area contributed by atoms with Gasteiger partial charge in [-0.05, 0) is 43.7 Å². The highest BCUT2D eigenvalue weighted by atomic mass is 32.2. The van der Waals surface area contributed by atoms with Crippen molar-refractivity contribution in [1.82, 2.24) is 14.5 Å². The number of ether oxygens (including phenoxy) is 2. The van der Waals surface area contributed by atoms with Crippen LogP contribution in [0.3, 0.4) is 0 Å². The third-order valence-corrected chi connectivity index (χ3v) is 5.19. The molecular formula is C18H25N3O4S. The molecule has 0 spiro atoms. The number of benzene rings is 1. The predicted octanol–water partition coefficient (Wildman–Crippen LogP) is 1.73. The van der Waals surface area contributed by atoms with Gasteiger partial charge in [0, 0.05) is 31.2 Å². The molecule has 0 radical (unpaired) electrons. The molecule has 2 unspecified atom stereocenters. The lowest BCUT2D eigenvalue weighted by Gasteiger charge is -2.31. The molecule has 1 aromatic carbocycles. The van der Waals surface area contributed by atoms with Gasteiger partial charge in [-0.3, -0.25) is 4.68 Å². The van der Waals surface area contributed by atoms with Gasteiger partial charge in [-0.25, -0.2) is 13.1 Å². The van der Waals surface area contributed by atoms with Crippen LogP contribution in [0, 0.1) is 12.8 Å². The van der Waals surface area contributed by atoms with Crippen molar-refractivity contribution < 1.29 is 17.9 Å². The van der Waals surface area contributed by atoms with Crippen LogP contribution >= 0.6 is 0 Å². The molecule has 8 heteroatoms. The summed E-state index contributed by atoms with van der Waals surface area (Å²) in [6.07, 6.45) is 1.83. The van der Waals surface area contributed by atoms with Gasteiger partial charge in [-0.15, -0.1) is 0 Å². The zero-order valence-corrected chi connectivity index (χ0v) is 16.1. The van der Waals surface area contributed by atoms with E-state index in [1.54, 1.807) is 0 Å². The first-order valence-electron chi connectivity index (χ1n) is 8.61. The van der Waals surface area contributed by atoms with Gasteiger partial charge in [0.05, 0.1) is 30.9 Å². The molecule has 3 rings (SSSR count). The van der Waals surface area contributed by atoms with Crippen LogP contribution in [0.25, 0.3) is 11.3 Å². The van der Waals surface area contributed by atoms with E-state index >= 15 is 0 Å². The second-order valence-electron chi connectivity index (χ2n) is 6.75. The second-order valence-corrected chi connectivity index (χ2v) is 8.53. The molecule has 1 fully saturated rings. The predicted molar refractivity (Wildman–Crippen MR) is 99.6 cm³/mol. The van der Waals surface area contributed by atoms with Crippen molar-refractivity contribution in [3.63, 3.8) is 0 Å². The number of hydrogen-bond acceptors (Lipinski definition) is 5. The first kappa shape index (κ1) is 18.9. The Labute approximate surface area is 154 Å². The number of hydrogen-bond donors (Lipinski definition) is 1. The minimum Gasteiger partial charge on any atom is -0.493 e. The minimum absolute atomic E-state index is 0.0159. The molecule has 0 amide bonds. The van der Waals surface area contributed by atoms with Crippen LogP contribution < -0.4 is 9.46 Å². The van der Waals surface area contributed by atoms with E-state index in [4.69, 9.17) is 9.47 Å². The van der Waals surface area contributed by atoms with Crippen LogP contribution in [0.4, 0.5) is 0 Å². The first-order valence-corrected chi connectivity index (χ1v) is 10.5. The van der Waals surface area contributed by atoms with E-state index in [0.717, 1.165) is 22.7 Å². The van der Waals surface area contributed by atoms with Crippen molar-refractivity contribution in [2.75, 3.05) is 26.1 Å². The summed E-state index contributed by atoms with van der Waals surface area (Å²) in [5, 5.41) is 4.36. The fraction of sp³-hybridized carbons (Fsp3) is 0.500. The summed E-state index contributed by atoms with van der Waals surface area (Å²) < 4.78 is 38.9. The monoisotopic (exact) mass is 379 g/mol. The molecule has 1 aromatic heterocycles. The maximum atomic E-state index is 11.5. The average molecular weight is 379 g/mol. The van der Waals surface area contributed by atoms with E-state index in [1.807, 2.05) is 49.0 Å². The van der Waals surface area contributed by atoms with Crippen LogP contribution in [0.1, 0.15) is 12.1 Å². The Morgan fingerprint density at radius 1 is 1.35 bits per heavy atom. The van der Waals surface area contributed by atoms with Crippen molar-refractivity contribution in [3.05, 3.63) is 36.0 Å². The second kappa shape index (κ2) is 7.77. The summed E-state index contributed by atoms with van der Waals surface area (Å²) in [6.45, 7) is 3.41. The Bertz CT molecular complexity index is 846. The van der Waals surface area contributed by atoms with Crippen molar-refractivity contribution in [3.8, 4) is 17.0 Å². The van der Waals surface area contributed by atoms with Gasteiger partial charge in [0.25, 0.3) is 0 Å². The van der Waals surface area contributed by atoms with Crippen LogP contribution in [-0.4, -0.2) is 50.3 Å². The van der Waals surface area contributed by atoms with Gasteiger partial charge >= 0.3 is 0 Å². The van der Waals surface area contributed by atoms with Gasteiger partial charge in [0.1, 0.15) is 5.75 Å². The lowest BCUT2D eigenvalue weighted by Crippen LogP contribution is -2.47. The number of aryl methyl sites for hydroxylation is 2. The van der Waals surface area contributed by atoms with Crippen LogP contribution in [0.2, 0.25) is 0 Å². The quantitative estimate of drug-likeness (QED) is 0.827. The van der Waals surface area contributed by atoms with Gasteiger partial charge in [-0.1, -0.05) is 0 Å².